The summed E-state index contributed by atoms with van der Waals surface area (Å²) < 4.78 is 34.5. The van der Waals surface area contributed by atoms with Crippen molar-refractivity contribution in [3.05, 3.63) is 83.8 Å². The number of methoxy groups -OCH3 is 3. The van der Waals surface area contributed by atoms with E-state index in [1.54, 1.807) is 36.4 Å². The SMILES string of the molecule is COC(=O)c1cc(OC)c(OC)cc1NC(=O)c1ccccc1-c1ncc(-c2ccc(F)cc2)o1. The van der Waals surface area contributed by atoms with Gasteiger partial charge in [-0.2, -0.15) is 0 Å². The molecular weight excluding hydrogens is 455 g/mol. The number of anilines is 1. The number of hydrogen-bond donors (Lipinski definition) is 1. The number of carbonyl (C=O) groups is 2. The lowest BCUT2D eigenvalue weighted by Crippen LogP contribution is -2.16. The predicted octanol–water partition coefficient (Wildman–Crippen LogP) is 5.20. The van der Waals surface area contributed by atoms with Gasteiger partial charge in [0.1, 0.15) is 5.82 Å². The third kappa shape index (κ3) is 4.84. The van der Waals surface area contributed by atoms with Crippen LogP contribution in [0.4, 0.5) is 10.1 Å². The molecule has 0 bridgehead atoms. The first-order valence-electron chi connectivity index (χ1n) is 10.4. The van der Waals surface area contributed by atoms with Crippen LogP contribution in [0, 0.1) is 5.82 Å². The van der Waals surface area contributed by atoms with Crippen LogP contribution in [0.5, 0.6) is 11.5 Å². The molecule has 8 nitrogen and oxygen atoms in total. The molecule has 4 aromatic rings. The number of hydrogen-bond acceptors (Lipinski definition) is 7. The molecule has 0 aliphatic heterocycles. The summed E-state index contributed by atoms with van der Waals surface area (Å²) in [4.78, 5) is 29.9. The van der Waals surface area contributed by atoms with Gasteiger partial charge in [-0.1, -0.05) is 12.1 Å². The topological polar surface area (TPSA) is 99.9 Å². The van der Waals surface area contributed by atoms with Gasteiger partial charge in [0, 0.05) is 23.3 Å². The summed E-state index contributed by atoms with van der Waals surface area (Å²) in [7, 11) is 4.11. The third-order valence-electron chi connectivity index (χ3n) is 5.21. The van der Waals surface area contributed by atoms with E-state index < -0.39 is 11.9 Å². The van der Waals surface area contributed by atoms with Crippen LogP contribution >= 0.6 is 0 Å². The van der Waals surface area contributed by atoms with Crippen molar-refractivity contribution in [1.29, 1.82) is 0 Å². The first kappa shape index (κ1) is 23.5. The lowest BCUT2D eigenvalue weighted by Gasteiger charge is -2.15. The molecular formula is C26H21FN2O6. The van der Waals surface area contributed by atoms with Gasteiger partial charge in [-0.25, -0.2) is 14.2 Å². The maximum Gasteiger partial charge on any atom is 0.340 e. The summed E-state index contributed by atoms with van der Waals surface area (Å²) in [5, 5.41) is 2.74. The number of ether oxygens (including phenoxy) is 3. The summed E-state index contributed by atoms with van der Waals surface area (Å²) in [5.74, 6) is -0.291. The van der Waals surface area contributed by atoms with Gasteiger partial charge in [0.15, 0.2) is 17.3 Å². The highest BCUT2D eigenvalue weighted by atomic mass is 19.1. The molecule has 0 aliphatic rings. The smallest absolute Gasteiger partial charge is 0.340 e. The Morgan fingerprint density at radius 1 is 0.914 bits per heavy atom. The fraction of sp³-hybridized carbons (Fsp3) is 0.115. The zero-order valence-electron chi connectivity index (χ0n) is 19.1. The summed E-state index contributed by atoms with van der Waals surface area (Å²) in [6, 6.07) is 15.4. The molecule has 0 saturated carbocycles. The van der Waals surface area contributed by atoms with Crippen LogP contribution in [0.3, 0.4) is 0 Å². The summed E-state index contributed by atoms with van der Waals surface area (Å²) in [6.07, 6.45) is 1.50. The van der Waals surface area contributed by atoms with Crippen molar-refractivity contribution in [1.82, 2.24) is 4.98 Å². The number of nitrogens with zero attached hydrogens (tertiary/aromatic N) is 1. The number of benzene rings is 3. The Balaban J connectivity index is 1.69. The Labute approximate surface area is 200 Å². The van der Waals surface area contributed by atoms with Crippen molar-refractivity contribution in [2.45, 2.75) is 0 Å². The quantitative estimate of drug-likeness (QED) is 0.366. The predicted molar refractivity (Wildman–Crippen MR) is 126 cm³/mol. The molecule has 0 fully saturated rings. The van der Waals surface area contributed by atoms with E-state index in [1.807, 2.05) is 0 Å². The average Bonchev–Trinajstić information content (AvgIpc) is 3.38. The zero-order valence-corrected chi connectivity index (χ0v) is 19.1. The minimum absolute atomic E-state index is 0.0886. The second-order valence-electron chi connectivity index (χ2n) is 7.28. The van der Waals surface area contributed by atoms with Gasteiger partial charge < -0.3 is 23.9 Å². The van der Waals surface area contributed by atoms with Crippen molar-refractivity contribution in [2.24, 2.45) is 0 Å². The van der Waals surface area contributed by atoms with Crippen molar-refractivity contribution in [3.8, 4) is 34.3 Å². The standard InChI is InChI=1S/C26H21FN2O6/c1-32-21-12-19(26(31)34-3)20(13-22(21)33-2)29-24(30)17-6-4-5-7-18(17)25-28-14-23(35-25)15-8-10-16(27)11-9-15/h4-14H,1-3H3,(H,29,30). The van der Waals surface area contributed by atoms with Crippen LogP contribution in [0.25, 0.3) is 22.8 Å². The van der Waals surface area contributed by atoms with Crippen LogP contribution in [0.1, 0.15) is 20.7 Å². The molecule has 1 aromatic heterocycles. The lowest BCUT2D eigenvalue weighted by atomic mass is 10.1. The van der Waals surface area contributed by atoms with Gasteiger partial charge in [-0.15, -0.1) is 0 Å². The minimum atomic E-state index is -0.661. The molecule has 0 radical (unpaired) electrons. The first-order valence-corrected chi connectivity index (χ1v) is 10.4. The maximum absolute atomic E-state index is 13.3. The Kier molecular flexibility index (Phi) is 6.77. The van der Waals surface area contributed by atoms with Gasteiger partial charge in [-0.05, 0) is 36.4 Å². The molecule has 0 saturated heterocycles. The van der Waals surface area contributed by atoms with E-state index in [1.165, 1.54) is 51.8 Å². The normalized spacial score (nSPS) is 10.5. The molecule has 3 aromatic carbocycles. The number of aromatic nitrogens is 1. The molecule has 0 spiro atoms. The molecule has 1 heterocycles. The Bertz CT molecular complexity index is 1380. The first-order chi connectivity index (χ1) is 16.9. The summed E-state index contributed by atoms with van der Waals surface area (Å²) in [6.45, 7) is 0. The fourth-order valence-electron chi connectivity index (χ4n) is 3.46. The molecule has 9 heteroatoms. The van der Waals surface area contributed by atoms with E-state index in [-0.39, 0.29) is 28.5 Å². The molecule has 1 N–H and O–H groups in total. The number of amides is 1. The summed E-state index contributed by atoms with van der Waals surface area (Å²) in [5.41, 5.74) is 1.59. The fourth-order valence-corrected chi connectivity index (χ4v) is 3.46. The maximum atomic E-state index is 13.3. The second-order valence-corrected chi connectivity index (χ2v) is 7.28. The van der Waals surface area contributed by atoms with E-state index in [0.29, 0.717) is 28.4 Å². The van der Waals surface area contributed by atoms with Gasteiger partial charge in [-0.3, -0.25) is 4.79 Å². The lowest BCUT2D eigenvalue weighted by molar-refractivity contribution is 0.0601. The number of carbonyl (C=O) groups excluding carboxylic acids is 2. The van der Waals surface area contributed by atoms with Gasteiger partial charge in [0.2, 0.25) is 5.89 Å². The molecule has 4 rings (SSSR count). The molecule has 35 heavy (non-hydrogen) atoms. The van der Waals surface area contributed by atoms with Crippen molar-refractivity contribution >= 4 is 17.6 Å². The second kappa shape index (κ2) is 10.1. The van der Waals surface area contributed by atoms with Crippen LogP contribution in [0.2, 0.25) is 0 Å². The number of esters is 1. The highest BCUT2D eigenvalue weighted by Crippen LogP contribution is 2.35. The molecule has 0 atom stereocenters. The molecule has 178 valence electrons. The zero-order chi connectivity index (χ0) is 24.9. The number of nitrogens with one attached hydrogen (secondary N) is 1. The van der Waals surface area contributed by atoms with Crippen LogP contribution in [0.15, 0.2) is 71.3 Å². The highest BCUT2D eigenvalue weighted by molar-refractivity contribution is 6.11. The number of oxazole rings is 1. The van der Waals surface area contributed by atoms with E-state index >= 15 is 0 Å². The van der Waals surface area contributed by atoms with Crippen LogP contribution in [-0.4, -0.2) is 38.2 Å². The van der Waals surface area contributed by atoms with Gasteiger partial charge >= 0.3 is 5.97 Å². The summed E-state index contributed by atoms with van der Waals surface area (Å²) >= 11 is 0. The highest BCUT2D eigenvalue weighted by Gasteiger charge is 2.22. The van der Waals surface area contributed by atoms with Gasteiger partial charge in [0.05, 0.1) is 44.3 Å². The van der Waals surface area contributed by atoms with E-state index in [0.717, 1.165) is 0 Å². The molecule has 0 unspecified atom stereocenters. The third-order valence-corrected chi connectivity index (χ3v) is 5.21. The molecule has 0 aliphatic carbocycles. The van der Waals surface area contributed by atoms with Crippen LogP contribution < -0.4 is 14.8 Å². The minimum Gasteiger partial charge on any atom is -0.493 e. The van der Waals surface area contributed by atoms with E-state index in [9.17, 15) is 14.0 Å². The number of rotatable bonds is 7. The van der Waals surface area contributed by atoms with Crippen LogP contribution in [-0.2, 0) is 4.74 Å². The van der Waals surface area contributed by atoms with Crippen molar-refractivity contribution in [3.63, 3.8) is 0 Å². The molecule has 1 amide bonds. The Hall–Kier alpha value is -4.66. The largest absolute Gasteiger partial charge is 0.493 e. The average molecular weight is 476 g/mol. The van der Waals surface area contributed by atoms with Crippen molar-refractivity contribution < 1.29 is 32.6 Å². The van der Waals surface area contributed by atoms with E-state index in [4.69, 9.17) is 18.6 Å². The Morgan fingerprint density at radius 2 is 1.60 bits per heavy atom. The monoisotopic (exact) mass is 476 g/mol. The Morgan fingerprint density at radius 3 is 2.29 bits per heavy atom. The van der Waals surface area contributed by atoms with Gasteiger partial charge in [0.25, 0.3) is 5.91 Å². The van der Waals surface area contributed by atoms with Crippen molar-refractivity contribution in [2.75, 3.05) is 26.6 Å². The van der Waals surface area contributed by atoms with E-state index in [2.05, 4.69) is 10.3 Å². The number of halogens is 1.